The van der Waals surface area contributed by atoms with Crippen LogP contribution in [0.15, 0.2) is 23.4 Å². The van der Waals surface area contributed by atoms with Crippen LogP contribution >= 0.6 is 11.8 Å². The first-order valence-corrected chi connectivity index (χ1v) is 9.56. The number of nitrogens with one attached hydrogen (secondary N) is 1. The van der Waals surface area contributed by atoms with Crippen LogP contribution in [0.4, 0.5) is 20.4 Å². The minimum absolute atomic E-state index is 0.182. The number of nitrogens with zero attached hydrogens (tertiary/aromatic N) is 4. The first-order chi connectivity index (χ1) is 13.0. The van der Waals surface area contributed by atoms with Gasteiger partial charge in [-0.25, -0.2) is 8.78 Å². The molecular weight excluding hydrogens is 376 g/mol. The normalized spacial score (nSPS) is 15.6. The Labute approximate surface area is 160 Å². The second-order valence-corrected chi connectivity index (χ2v) is 7.31. The molecule has 1 aliphatic rings. The fraction of sp³-hybridized carbons (Fsp3) is 0.471. The van der Waals surface area contributed by atoms with Gasteiger partial charge in [-0.05, 0) is 26.0 Å². The minimum Gasteiger partial charge on any atom is -0.378 e. The predicted octanol–water partition coefficient (Wildman–Crippen LogP) is 2.53. The lowest BCUT2D eigenvalue weighted by molar-refractivity contribution is -0.115. The topological polar surface area (TPSA) is 72.3 Å². The predicted molar refractivity (Wildman–Crippen MR) is 99.0 cm³/mol. The molecule has 7 nitrogen and oxygen atoms in total. The molecule has 0 spiro atoms. The van der Waals surface area contributed by atoms with Crippen LogP contribution in [-0.2, 0) is 16.1 Å². The number of amides is 1. The first-order valence-electron chi connectivity index (χ1n) is 8.68. The van der Waals surface area contributed by atoms with E-state index < -0.39 is 22.8 Å². The van der Waals surface area contributed by atoms with Crippen LogP contribution in [0.25, 0.3) is 0 Å². The lowest BCUT2D eigenvalue weighted by Crippen LogP contribution is -2.38. The molecule has 1 saturated heterocycles. The van der Waals surface area contributed by atoms with E-state index in [1.807, 2.05) is 11.5 Å². The number of anilines is 2. The summed E-state index contributed by atoms with van der Waals surface area (Å²) < 4.78 is 34.3. The number of halogens is 2. The zero-order valence-electron chi connectivity index (χ0n) is 15.1. The van der Waals surface area contributed by atoms with Crippen molar-refractivity contribution in [2.45, 2.75) is 30.8 Å². The van der Waals surface area contributed by atoms with Crippen molar-refractivity contribution in [2.75, 3.05) is 36.5 Å². The van der Waals surface area contributed by atoms with Gasteiger partial charge in [0.2, 0.25) is 11.9 Å². The maximum absolute atomic E-state index is 13.7. The fourth-order valence-electron chi connectivity index (χ4n) is 2.68. The van der Waals surface area contributed by atoms with Gasteiger partial charge in [-0.2, -0.15) is 0 Å². The molecule has 0 aliphatic carbocycles. The van der Waals surface area contributed by atoms with Gasteiger partial charge in [0.1, 0.15) is 11.6 Å². The molecule has 0 bridgehead atoms. The third-order valence-electron chi connectivity index (χ3n) is 4.15. The summed E-state index contributed by atoms with van der Waals surface area (Å²) in [6.45, 7) is 7.04. The van der Waals surface area contributed by atoms with Gasteiger partial charge in [0.25, 0.3) is 0 Å². The Hall–Kier alpha value is -2.20. The van der Waals surface area contributed by atoms with Crippen molar-refractivity contribution in [2.24, 2.45) is 0 Å². The minimum atomic E-state index is -0.687. The van der Waals surface area contributed by atoms with Crippen LogP contribution in [0.2, 0.25) is 0 Å². The first kappa shape index (κ1) is 19.6. The van der Waals surface area contributed by atoms with Crippen molar-refractivity contribution in [1.82, 2.24) is 14.8 Å². The largest absolute Gasteiger partial charge is 0.378 e. The summed E-state index contributed by atoms with van der Waals surface area (Å²) in [7, 11) is 0. The number of thioether (sulfide) groups is 1. The highest BCUT2D eigenvalue weighted by Gasteiger charge is 2.23. The Morgan fingerprint density at radius 1 is 1.33 bits per heavy atom. The van der Waals surface area contributed by atoms with Crippen LogP contribution in [0, 0.1) is 11.6 Å². The van der Waals surface area contributed by atoms with E-state index in [2.05, 4.69) is 20.4 Å². The van der Waals surface area contributed by atoms with Gasteiger partial charge in [0.05, 0.1) is 24.2 Å². The Morgan fingerprint density at radius 3 is 2.78 bits per heavy atom. The molecule has 146 valence electrons. The number of carbonyl (C=O) groups excluding carboxylic acids is 1. The molecular formula is C17H21F2N5O2S. The fourth-order valence-corrected chi connectivity index (χ4v) is 3.59. The van der Waals surface area contributed by atoms with E-state index in [1.165, 1.54) is 11.8 Å². The quantitative estimate of drug-likeness (QED) is 0.756. The molecule has 1 atom stereocenters. The summed E-state index contributed by atoms with van der Waals surface area (Å²) >= 11 is 1.22. The van der Waals surface area contributed by atoms with E-state index in [4.69, 9.17) is 4.74 Å². The second kappa shape index (κ2) is 8.66. The molecule has 1 aliphatic heterocycles. The Kier molecular flexibility index (Phi) is 6.27. The maximum atomic E-state index is 13.7. The second-order valence-electron chi connectivity index (χ2n) is 6.00. The van der Waals surface area contributed by atoms with E-state index >= 15 is 0 Å². The van der Waals surface area contributed by atoms with Gasteiger partial charge >= 0.3 is 0 Å². The number of morpholine rings is 1. The molecule has 1 fully saturated rings. The van der Waals surface area contributed by atoms with E-state index in [0.29, 0.717) is 24.9 Å². The number of hydrogen-bond acceptors (Lipinski definition) is 6. The molecule has 1 aromatic carbocycles. The smallest absolute Gasteiger partial charge is 0.237 e. The molecule has 1 amide bonds. The van der Waals surface area contributed by atoms with E-state index in [9.17, 15) is 13.6 Å². The monoisotopic (exact) mass is 397 g/mol. The van der Waals surface area contributed by atoms with Crippen molar-refractivity contribution in [1.29, 1.82) is 0 Å². The Balaban J connectivity index is 1.69. The molecule has 0 unspecified atom stereocenters. The number of rotatable bonds is 6. The summed E-state index contributed by atoms with van der Waals surface area (Å²) in [5, 5.41) is 10.9. The third kappa shape index (κ3) is 4.56. The Bertz CT molecular complexity index is 811. The van der Waals surface area contributed by atoms with E-state index in [1.54, 1.807) is 6.92 Å². The zero-order valence-corrected chi connectivity index (χ0v) is 15.9. The average molecular weight is 397 g/mol. The summed E-state index contributed by atoms with van der Waals surface area (Å²) in [6, 6.07) is 2.93. The number of carbonyl (C=O) groups is 1. The van der Waals surface area contributed by atoms with Crippen LogP contribution in [-0.4, -0.2) is 52.2 Å². The van der Waals surface area contributed by atoms with Crippen molar-refractivity contribution in [3.63, 3.8) is 0 Å². The molecule has 0 radical (unpaired) electrons. The molecule has 1 aromatic heterocycles. The molecule has 3 rings (SSSR count). The van der Waals surface area contributed by atoms with Gasteiger partial charge in [-0.15, -0.1) is 10.2 Å². The molecule has 0 saturated carbocycles. The van der Waals surface area contributed by atoms with Crippen molar-refractivity contribution >= 4 is 29.3 Å². The summed E-state index contributed by atoms with van der Waals surface area (Å²) in [5.41, 5.74) is -0.182. The van der Waals surface area contributed by atoms with Gasteiger partial charge in [0, 0.05) is 25.7 Å². The lowest BCUT2D eigenvalue weighted by Gasteiger charge is -2.27. The highest BCUT2D eigenvalue weighted by atomic mass is 32.2. The molecule has 27 heavy (non-hydrogen) atoms. The summed E-state index contributed by atoms with van der Waals surface area (Å²) in [4.78, 5) is 14.5. The van der Waals surface area contributed by atoms with Gasteiger partial charge in [-0.1, -0.05) is 11.8 Å². The van der Waals surface area contributed by atoms with Crippen molar-refractivity contribution in [3.8, 4) is 0 Å². The highest BCUT2D eigenvalue weighted by Crippen LogP contribution is 2.27. The maximum Gasteiger partial charge on any atom is 0.237 e. The van der Waals surface area contributed by atoms with Gasteiger partial charge < -0.3 is 15.0 Å². The zero-order chi connectivity index (χ0) is 19.4. The van der Waals surface area contributed by atoms with Crippen LogP contribution < -0.4 is 10.2 Å². The van der Waals surface area contributed by atoms with Crippen LogP contribution in [0.3, 0.4) is 0 Å². The van der Waals surface area contributed by atoms with E-state index in [-0.39, 0.29) is 5.69 Å². The molecule has 2 heterocycles. The number of benzene rings is 1. The third-order valence-corrected chi connectivity index (χ3v) is 5.23. The average Bonchev–Trinajstić information content (AvgIpc) is 3.07. The summed E-state index contributed by atoms with van der Waals surface area (Å²) in [5.74, 6) is -1.00. The molecule has 1 N–H and O–H groups in total. The number of aromatic nitrogens is 3. The summed E-state index contributed by atoms with van der Waals surface area (Å²) in [6.07, 6.45) is 0. The van der Waals surface area contributed by atoms with Crippen molar-refractivity contribution < 1.29 is 18.3 Å². The van der Waals surface area contributed by atoms with Crippen molar-refractivity contribution in [3.05, 3.63) is 29.8 Å². The number of hydrogen-bond donors (Lipinski definition) is 1. The van der Waals surface area contributed by atoms with Gasteiger partial charge in [-0.3, -0.25) is 9.36 Å². The Morgan fingerprint density at radius 2 is 2.07 bits per heavy atom. The number of ether oxygens (including phenoxy) is 1. The van der Waals surface area contributed by atoms with Crippen LogP contribution in [0.1, 0.15) is 13.8 Å². The van der Waals surface area contributed by atoms with Crippen LogP contribution in [0.5, 0.6) is 0 Å². The highest BCUT2D eigenvalue weighted by molar-refractivity contribution is 8.00. The van der Waals surface area contributed by atoms with Gasteiger partial charge in [0.15, 0.2) is 5.16 Å². The SMILES string of the molecule is CCn1c(S[C@@H](C)C(=O)Nc2cc(F)ccc2F)nnc1N1CCOCC1. The van der Waals surface area contributed by atoms with E-state index in [0.717, 1.165) is 37.2 Å². The standard InChI is InChI=1S/C17H21F2N5O2S/c1-3-24-16(23-6-8-26-9-7-23)21-22-17(24)27-11(2)15(25)20-14-10-12(18)4-5-13(14)19/h4-5,10-11H,3,6-9H2,1-2H3,(H,20,25)/t11-/m0/s1. The molecule has 2 aromatic rings. The lowest BCUT2D eigenvalue weighted by atomic mass is 10.3. The molecule has 10 heteroatoms.